The molecule has 0 heterocycles. The van der Waals surface area contributed by atoms with Gasteiger partial charge in [-0.1, -0.05) is 29.3 Å². The van der Waals surface area contributed by atoms with Gasteiger partial charge < -0.3 is 10.6 Å². The lowest BCUT2D eigenvalue weighted by Crippen LogP contribution is -2.93. The fraction of sp³-hybridized carbons (Fsp3) is 0.562. The lowest BCUT2D eigenvalue weighted by Gasteiger charge is -2.26. The number of hydrogen-bond donors (Lipinski definition) is 2. The lowest BCUT2D eigenvalue weighted by molar-refractivity contribution is -0.687. The maximum absolute atomic E-state index is 12.0. The minimum absolute atomic E-state index is 0.0875. The molecule has 0 aliphatic heterocycles. The molecule has 1 amide bonds. The molecule has 0 bridgehead atoms. The number of halogens is 1. The summed E-state index contributed by atoms with van der Waals surface area (Å²) in [6, 6.07) is 6.50. The zero-order valence-electron chi connectivity index (χ0n) is 12.3. The van der Waals surface area contributed by atoms with E-state index in [0.29, 0.717) is 12.6 Å². The van der Waals surface area contributed by atoms with Crippen LogP contribution >= 0.6 is 15.9 Å². The predicted octanol–water partition coefficient (Wildman–Crippen LogP) is 2.84. The molecular weight excluding hydrogens is 316 g/mol. The molecule has 3 nitrogen and oxygen atoms in total. The first-order chi connectivity index (χ1) is 9.56. The number of rotatable bonds is 4. The molecule has 20 heavy (non-hydrogen) atoms. The van der Waals surface area contributed by atoms with Crippen molar-refractivity contribution in [1.82, 2.24) is 0 Å². The third kappa shape index (κ3) is 4.32. The van der Waals surface area contributed by atoms with Crippen LogP contribution in [0, 0.1) is 12.8 Å². The number of benzene rings is 1. The van der Waals surface area contributed by atoms with Gasteiger partial charge in [0.2, 0.25) is 0 Å². The summed E-state index contributed by atoms with van der Waals surface area (Å²) in [6.45, 7) is 4.84. The average molecular weight is 340 g/mol. The Morgan fingerprint density at radius 2 is 2.15 bits per heavy atom. The van der Waals surface area contributed by atoms with Crippen molar-refractivity contribution in [2.75, 3.05) is 11.9 Å². The summed E-state index contributed by atoms with van der Waals surface area (Å²) >= 11 is 3.47. The Morgan fingerprint density at radius 1 is 1.40 bits per heavy atom. The molecule has 2 rings (SSSR count). The third-order valence-electron chi connectivity index (χ3n) is 4.23. The van der Waals surface area contributed by atoms with Gasteiger partial charge in [-0.05, 0) is 49.9 Å². The van der Waals surface area contributed by atoms with Gasteiger partial charge >= 0.3 is 0 Å². The molecule has 1 aliphatic carbocycles. The van der Waals surface area contributed by atoms with Crippen LogP contribution < -0.4 is 10.6 Å². The van der Waals surface area contributed by atoms with Crippen molar-refractivity contribution in [2.45, 2.75) is 45.6 Å². The first-order valence-corrected chi connectivity index (χ1v) is 8.25. The van der Waals surface area contributed by atoms with Crippen LogP contribution in [0.4, 0.5) is 5.69 Å². The van der Waals surface area contributed by atoms with Gasteiger partial charge in [0.25, 0.3) is 5.91 Å². The molecule has 0 radical (unpaired) electrons. The summed E-state index contributed by atoms with van der Waals surface area (Å²) in [4.78, 5) is 12.0. The van der Waals surface area contributed by atoms with Crippen LogP contribution in [-0.4, -0.2) is 18.5 Å². The van der Waals surface area contributed by atoms with Crippen LogP contribution in [0.1, 0.15) is 38.2 Å². The number of nitrogens with one attached hydrogen (secondary N) is 1. The van der Waals surface area contributed by atoms with Crippen molar-refractivity contribution < 1.29 is 10.1 Å². The van der Waals surface area contributed by atoms with Gasteiger partial charge in [-0.15, -0.1) is 0 Å². The molecule has 0 aromatic heterocycles. The maximum Gasteiger partial charge on any atom is 0.279 e. The largest absolute Gasteiger partial charge is 0.336 e. The quantitative estimate of drug-likeness (QED) is 0.870. The van der Waals surface area contributed by atoms with Crippen LogP contribution in [-0.2, 0) is 4.79 Å². The van der Waals surface area contributed by atoms with Crippen LogP contribution in [0.2, 0.25) is 0 Å². The van der Waals surface area contributed by atoms with E-state index in [1.54, 1.807) is 0 Å². The Kier molecular flexibility index (Phi) is 5.61. The monoisotopic (exact) mass is 339 g/mol. The lowest BCUT2D eigenvalue weighted by atomic mass is 9.86. The van der Waals surface area contributed by atoms with Gasteiger partial charge in [0.15, 0.2) is 6.54 Å². The standard InChI is InChI=1S/C16H23BrN2O/c1-11-5-3-4-6-15(11)18-10-16(20)19-13-7-8-14(17)12(2)9-13/h7-9,11,15,18H,3-6,10H2,1-2H3,(H,19,20)/p+1/t11-,15-/m1/s1. The number of amides is 1. The molecule has 2 atom stereocenters. The van der Waals surface area contributed by atoms with E-state index >= 15 is 0 Å². The molecule has 0 saturated heterocycles. The Bertz CT molecular complexity index is 476. The van der Waals surface area contributed by atoms with Crippen LogP contribution in [0.5, 0.6) is 0 Å². The van der Waals surface area contributed by atoms with Crippen molar-refractivity contribution in [3.8, 4) is 0 Å². The highest BCUT2D eigenvalue weighted by atomic mass is 79.9. The van der Waals surface area contributed by atoms with Crippen LogP contribution in [0.25, 0.3) is 0 Å². The van der Waals surface area contributed by atoms with Gasteiger partial charge in [-0.25, -0.2) is 0 Å². The number of carbonyl (C=O) groups is 1. The normalized spacial score (nSPS) is 22.6. The number of carbonyl (C=O) groups excluding carboxylic acids is 1. The van der Waals surface area contributed by atoms with Crippen molar-refractivity contribution >= 4 is 27.5 Å². The van der Waals surface area contributed by atoms with E-state index in [-0.39, 0.29) is 5.91 Å². The highest BCUT2D eigenvalue weighted by Crippen LogP contribution is 2.21. The Labute approximate surface area is 129 Å². The molecule has 1 saturated carbocycles. The van der Waals surface area contributed by atoms with E-state index in [4.69, 9.17) is 0 Å². The van der Waals surface area contributed by atoms with Crippen molar-refractivity contribution in [3.05, 3.63) is 28.2 Å². The molecule has 0 spiro atoms. The molecule has 1 fully saturated rings. The first kappa shape index (κ1) is 15.5. The van der Waals surface area contributed by atoms with Crippen molar-refractivity contribution in [1.29, 1.82) is 0 Å². The highest BCUT2D eigenvalue weighted by molar-refractivity contribution is 9.10. The summed E-state index contributed by atoms with van der Waals surface area (Å²) in [6.07, 6.45) is 5.19. The summed E-state index contributed by atoms with van der Waals surface area (Å²) in [5.74, 6) is 0.816. The van der Waals surface area contributed by atoms with Crippen LogP contribution in [0.3, 0.4) is 0 Å². The third-order valence-corrected chi connectivity index (χ3v) is 5.12. The molecule has 3 N–H and O–H groups in total. The Hall–Kier alpha value is -0.870. The fourth-order valence-corrected chi connectivity index (χ4v) is 3.13. The second kappa shape index (κ2) is 7.23. The highest BCUT2D eigenvalue weighted by Gasteiger charge is 2.24. The van der Waals surface area contributed by atoms with Crippen molar-refractivity contribution in [3.63, 3.8) is 0 Å². The van der Waals surface area contributed by atoms with Gasteiger partial charge in [-0.2, -0.15) is 0 Å². The molecular formula is C16H24BrN2O+. The minimum Gasteiger partial charge on any atom is -0.336 e. The van der Waals surface area contributed by atoms with Gasteiger partial charge in [0, 0.05) is 16.1 Å². The Balaban J connectivity index is 1.81. The number of anilines is 1. The average Bonchev–Trinajstić information content (AvgIpc) is 2.42. The molecule has 0 unspecified atom stereocenters. The molecule has 1 aromatic rings. The van der Waals surface area contributed by atoms with Crippen molar-refractivity contribution in [2.24, 2.45) is 5.92 Å². The van der Waals surface area contributed by atoms with E-state index in [1.165, 1.54) is 25.7 Å². The predicted molar refractivity (Wildman–Crippen MR) is 85.7 cm³/mol. The zero-order valence-corrected chi connectivity index (χ0v) is 13.9. The summed E-state index contributed by atoms with van der Waals surface area (Å²) in [5, 5.41) is 5.19. The van der Waals surface area contributed by atoms with Crippen LogP contribution in [0.15, 0.2) is 22.7 Å². The van der Waals surface area contributed by atoms with Gasteiger partial charge in [0.05, 0.1) is 6.04 Å². The van der Waals surface area contributed by atoms with Gasteiger partial charge in [0.1, 0.15) is 0 Å². The molecule has 4 heteroatoms. The zero-order chi connectivity index (χ0) is 14.5. The molecule has 110 valence electrons. The fourth-order valence-electron chi connectivity index (χ4n) is 2.89. The number of hydrogen-bond acceptors (Lipinski definition) is 1. The topological polar surface area (TPSA) is 45.7 Å². The second-order valence-electron chi connectivity index (χ2n) is 5.88. The van der Waals surface area contributed by atoms with E-state index in [0.717, 1.165) is 21.6 Å². The maximum atomic E-state index is 12.0. The first-order valence-electron chi connectivity index (χ1n) is 7.45. The van der Waals surface area contributed by atoms with E-state index in [9.17, 15) is 4.79 Å². The minimum atomic E-state index is 0.0875. The molecule has 1 aromatic carbocycles. The van der Waals surface area contributed by atoms with E-state index < -0.39 is 0 Å². The second-order valence-corrected chi connectivity index (χ2v) is 6.73. The summed E-state index contributed by atoms with van der Waals surface area (Å²) < 4.78 is 1.07. The Morgan fingerprint density at radius 3 is 2.85 bits per heavy atom. The summed E-state index contributed by atoms with van der Waals surface area (Å²) in [5.41, 5.74) is 2.01. The van der Waals surface area contributed by atoms with E-state index in [2.05, 4.69) is 33.5 Å². The number of quaternary nitrogens is 1. The number of nitrogens with two attached hydrogens (primary N) is 1. The van der Waals surface area contributed by atoms with Gasteiger partial charge in [-0.3, -0.25) is 4.79 Å². The van der Waals surface area contributed by atoms with E-state index in [1.807, 2.05) is 25.1 Å². The summed E-state index contributed by atoms with van der Waals surface area (Å²) in [7, 11) is 0. The smallest absolute Gasteiger partial charge is 0.279 e. The molecule has 1 aliphatic rings. The SMILES string of the molecule is Cc1cc(NC(=O)C[NH2+][C@@H]2CCCC[C@H]2C)ccc1Br. The number of aryl methyl sites for hydroxylation is 1.